The summed E-state index contributed by atoms with van der Waals surface area (Å²) in [7, 11) is 0. The summed E-state index contributed by atoms with van der Waals surface area (Å²) in [4.78, 5) is 0. The smallest absolute Gasteiger partial charge is 0.230 e. The Labute approximate surface area is 118 Å². The lowest BCUT2D eigenvalue weighted by molar-refractivity contribution is 0.331. The fourth-order valence-corrected chi connectivity index (χ4v) is 3.06. The highest BCUT2D eigenvalue weighted by atomic mass is 19.1. The summed E-state index contributed by atoms with van der Waals surface area (Å²) in [6.45, 7) is 2.27. The summed E-state index contributed by atoms with van der Waals surface area (Å²) in [5.74, 6) is 1.01. The molecule has 0 radical (unpaired) electrons. The highest BCUT2D eigenvalue weighted by Gasteiger charge is 2.28. The lowest BCUT2D eigenvalue weighted by atomic mass is 9.80. The van der Waals surface area contributed by atoms with Crippen LogP contribution in [-0.2, 0) is 0 Å². The van der Waals surface area contributed by atoms with E-state index < -0.39 is 0 Å². The molecule has 2 N–H and O–H groups in total. The molecule has 0 amide bonds. The van der Waals surface area contributed by atoms with E-state index in [1.165, 1.54) is 18.9 Å². The number of benzene rings is 1. The topological polar surface area (TPSA) is 52.0 Å². The highest BCUT2D eigenvalue weighted by Crippen LogP contribution is 2.42. The van der Waals surface area contributed by atoms with Gasteiger partial charge < -0.3 is 10.3 Å². The van der Waals surface area contributed by atoms with Crippen molar-refractivity contribution in [3.63, 3.8) is 0 Å². The zero-order valence-corrected chi connectivity index (χ0v) is 11.6. The Morgan fingerprint density at radius 2 is 1.90 bits per heavy atom. The highest BCUT2D eigenvalue weighted by molar-refractivity contribution is 5.76. The predicted octanol–water partition coefficient (Wildman–Crippen LogP) is 4.36. The molecule has 1 fully saturated rings. The van der Waals surface area contributed by atoms with E-state index in [0.29, 0.717) is 17.0 Å². The minimum atomic E-state index is -0.284. The van der Waals surface area contributed by atoms with Gasteiger partial charge in [0.25, 0.3) is 0 Å². The second-order valence-corrected chi connectivity index (χ2v) is 5.74. The van der Waals surface area contributed by atoms with Crippen molar-refractivity contribution in [1.29, 1.82) is 0 Å². The van der Waals surface area contributed by atoms with Crippen LogP contribution in [0.4, 0.5) is 10.3 Å². The maximum Gasteiger partial charge on any atom is 0.230 e. The molecule has 1 saturated carbocycles. The Bertz CT molecular complexity index is 600. The Morgan fingerprint density at radius 1 is 1.20 bits per heavy atom. The minimum Gasteiger partial charge on any atom is -0.367 e. The van der Waals surface area contributed by atoms with Gasteiger partial charge in [-0.2, -0.15) is 0 Å². The third kappa shape index (κ3) is 2.30. The van der Waals surface area contributed by atoms with Gasteiger partial charge in [-0.3, -0.25) is 0 Å². The molecule has 0 unspecified atom stereocenters. The normalized spacial score (nSPS) is 22.9. The number of nitrogens with two attached hydrogens (primary N) is 1. The number of nitrogens with zero attached hydrogens (tertiary/aromatic N) is 1. The lowest BCUT2D eigenvalue weighted by Crippen LogP contribution is -2.12. The number of hydrogen-bond acceptors (Lipinski definition) is 3. The predicted molar refractivity (Wildman–Crippen MR) is 76.7 cm³/mol. The maximum absolute atomic E-state index is 14.0. The van der Waals surface area contributed by atoms with Crippen LogP contribution >= 0.6 is 0 Å². The molecule has 0 atom stereocenters. The molecule has 1 heterocycles. The molecule has 4 heteroatoms. The molecule has 1 aliphatic carbocycles. The van der Waals surface area contributed by atoms with Gasteiger partial charge in [0.05, 0.1) is 11.3 Å². The van der Waals surface area contributed by atoms with Gasteiger partial charge in [-0.1, -0.05) is 43.1 Å². The van der Waals surface area contributed by atoms with E-state index in [4.69, 9.17) is 10.3 Å². The molecule has 0 aliphatic heterocycles. The van der Waals surface area contributed by atoms with Gasteiger partial charge in [0.1, 0.15) is 5.82 Å². The van der Waals surface area contributed by atoms with Crippen LogP contribution in [0.3, 0.4) is 0 Å². The number of aromatic nitrogens is 1. The van der Waals surface area contributed by atoms with Gasteiger partial charge in [0.15, 0.2) is 0 Å². The van der Waals surface area contributed by atoms with Crippen molar-refractivity contribution in [1.82, 2.24) is 5.16 Å². The van der Waals surface area contributed by atoms with Crippen molar-refractivity contribution in [3.05, 3.63) is 35.8 Å². The number of rotatable bonds is 2. The first-order chi connectivity index (χ1) is 9.66. The van der Waals surface area contributed by atoms with Gasteiger partial charge in [-0.05, 0) is 24.8 Å². The summed E-state index contributed by atoms with van der Waals surface area (Å²) in [6, 6.07) is 6.64. The Balaban J connectivity index is 2.00. The third-order valence-electron chi connectivity index (χ3n) is 4.29. The molecular formula is C16H19FN2O. The lowest BCUT2D eigenvalue weighted by Gasteiger charge is -2.25. The summed E-state index contributed by atoms with van der Waals surface area (Å²) >= 11 is 0. The largest absolute Gasteiger partial charge is 0.367 e. The zero-order valence-electron chi connectivity index (χ0n) is 11.6. The average molecular weight is 274 g/mol. The molecule has 0 bridgehead atoms. The average Bonchev–Trinajstić information content (AvgIpc) is 2.82. The first kappa shape index (κ1) is 13.2. The van der Waals surface area contributed by atoms with Gasteiger partial charge in [0, 0.05) is 11.5 Å². The van der Waals surface area contributed by atoms with Crippen LogP contribution in [0.2, 0.25) is 0 Å². The van der Waals surface area contributed by atoms with Crippen LogP contribution in [0.5, 0.6) is 0 Å². The molecule has 0 spiro atoms. The van der Waals surface area contributed by atoms with E-state index >= 15 is 0 Å². The zero-order chi connectivity index (χ0) is 14.1. The fourth-order valence-electron chi connectivity index (χ4n) is 3.06. The van der Waals surface area contributed by atoms with Gasteiger partial charge in [-0.15, -0.1) is 0 Å². The van der Waals surface area contributed by atoms with Gasteiger partial charge in [-0.25, -0.2) is 4.39 Å². The quantitative estimate of drug-likeness (QED) is 0.885. The Hall–Kier alpha value is -1.84. The van der Waals surface area contributed by atoms with E-state index in [-0.39, 0.29) is 11.7 Å². The molecule has 1 aromatic carbocycles. The summed E-state index contributed by atoms with van der Waals surface area (Å²) in [5, 5.41) is 4.12. The molecule has 20 heavy (non-hydrogen) atoms. The fraction of sp³-hybridized carbons (Fsp3) is 0.438. The third-order valence-corrected chi connectivity index (χ3v) is 4.29. The molecule has 2 aromatic rings. The molecule has 3 nitrogen and oxygen atoms in total. The van der Waals surface area contributed by atoms with Crippen molar-refractivity contribution in [2.75, 3.05) is 5.73 Å². The number of nitrogen functional groups attached to an aromatic ring is 1. The second-order valence-electron chi connectivity index (χ2n) is 5.74. The van der Waals surface area contributed by atoms with Gasteiger partial charge >= 0.3 is 0 Å². The standard InChI is InChI=1S/C16H19FN2O/c1-10-6-8-11(9-7-10)15-14(16(18)20-19-15)12-4-2-3-5-13(12)17/h2-5,10-11H,6-9,18H2,1H3. The van der Waals surface area contributed by atoms with Crippen molar-refractivity contribution in [2.24, 2.45) is 5.92 Å². The van der Waals surface area contributed by atoms with Crippen molar-refractivity contribution in [3.8, 4) is 11.1 Å². The monoisotopic (exact) mass is 274 g/mol. The van der Waals surface area contributed by atoms with Crippen LogP contribution < -0.4 is 5.73 Å². The molecular weight excluding hydrogens is 255 g/mol. The van der Waals surface area contributed by atoms with E-state index in [1.54, 1.807) is 18.2 Å². The first-order valence-corrected chi connectivity index (χ1v) is 7.16. The SMILES string of the molecule is CC1CCC(c2noc(N)c2-c2ccccc2F)CC1. The van der Waals surface area contributed by atoms with Crippen LogP contribution in [0.15, 0.2) is 28.8 Å². The Kier molecular flexibility index (Phi) is 3.47. The molecule has 1 aromatic heterocycles. The van der Waals surface area contributed by atoms with Crippen molar-refractivity contribution in [2.45, 2.75) is 38.5 Å². The molecule has 3 rings (SSSR count). The Morgan fingerprint density at radius 3 is 2.60 bits per heavy atom. The van der Waals surface area contributed by atoms with E-state index in [0.717, 1.165) is 24.5 Å². The van der Waals surface area contributed by atoms with Crippen molar-refractivity contribution >= 4 is 5.88 Å². The van der Waals surface area contributed by atoms with Crippen LogP contribution in [0, 0.1) is 11.7 Å². The number of halogens is 1. The van der Waals surface area contributed by atoms with E-state index in [1.807, 2.05) is 0 Å². The second kappa shape index (κ2) is 5.27. The van der Waals surface area contributed by atoms with Crippen molar-refractivity contribution < 1.29 is 8.91 Å². The molecule has 1 aliphatic rings. The summed E-state index contributed by atoms with van der Waals surface area (Å²) in [6.07, 6.45) is 4.48. The van der Waals surface area contributed by atoms with E-state index in [9.17, 15) is 4.39 Å². The van der Waals surface area contributed by atoms with Gasteiger partial charge in [0.2, 0.25) is 5.88 Å². The number of hydrogen-bond donors (Lipinski definition) is 1. The summed E-state index contributed by atoms with van der Waals surface area (Å²) < 4.78 is 19.2. The minimum absolute atomic E-state index is 0.212. The van der Waals surface area contributed by atoms with Crippen LogP contribution in [-0.4, -0.2) is 5.16 Å². The first-order valence-electron chi connectivity index (χ1n) is 7.16. The molecule has 0 saturated heterocycles. The maximum atomic E-state index is 14.0. The molecule has 106 valence electrons. The van der Waals surface area contributed by atoms with E-state index in [2.05, 4.69) is 12.1 Å². The van der Waals surface area contributed by atoms with Crippen LogP contribution in [0.1, 0.15) is 44.2 Å². The van der Waals surface area contributed by atoms with Crippen LogP contribution in [0.25, 0.3) is 11.1 Å². The number of anilines is 1. The summed E-state index contributed by atoms with van der Waals surface area (Å²) in [5.41, 5.74) is 7.83.